The van der Waals surface area contributed by atoms with Crippen molar-refractivity contribution in [2.75, 3.05) is 0 Å². The van der Waals surface area contributed by atoms with Gasteiger partial charge in [-0.1, -0.05) is 12.1 Å². The molecule has 0 saturated heterocycles. The van der Waals surface area contributed by atoms with Crippen molar-refractivity contribution in [2.45, 2.75) is 30.7 Å². The molecule has 0 unspecified atom stereocenters. The van der Waals surface area contributed by atoms with Crippen LogP contribution in [0.1, 0.15) is 30.6 Å². The van der Waals surface area contributed by atoms with E-state index < -0.39 is 11.4 Å². The molecule has 0 bridgehead atoms. The van der Waals surface area contributed by atoms with Crippen molar-refractivity contribution in [1.82, 2.24) is 5.32 Å². The Labute approximate surface area is 106 Å². The van der Waals surface area contributed by atoms with Crippen LogP contribution in [-0.4, -0.2) is 17.4 Å². The average Bonchev–Trinajstić information content (AvgIpc) is 2.14. The van der Waals surface area contributed by atoms with E-state index in [0.717, 1.165) is 0 Å². The van der Waals surface area contributed by atoms with Gasteiger partial charge in [-0.15, -0.1) is 12.6 Å². The molecule has 0 saturated carbocycles. The highest BCUT2D eigenvalue weighted by molar-refractivity contribution is 7.80. The van der Waals surface area contributed by atoms with E-state index in [2.05, 4.69) is 17.9 Å². The second-order valence-electron chi connectivity index (χ2n) is 4.50. The van der Waals surface area contributed by atoms with E-state index in [-0.39, 0.29) is 12.3 Å². The van der Waals surface area contributed by atoms with Crippen LogP contribution in [0.3, 0.4) is 0 Å². The lowest BCUT2D eigenvalue weighted by Gasteiger charge is -2.25. The van der Waals surface area contributed by atoms with Gasteiger partial charge in [-0.25, -0.2) is 0 Å². The van der Waals surface area contributed by atoms with Crippen LogP contribution in [0, 0.1) is 0 Å². The molecule has 0 aliphatic rings. The van der Waals surface area contributed by atoms with Gasteiger partial charge in [-0.2, -0.15) is 0 Å². The Morgan fingerprint density at radius 2 is 1.94 bits per heavy atom. The number of hydrogen-bond donors (Lipinski definition) is 3. The third-order valence-electron chi connectivity index (χ3n) is 2.22. The van der Waals surface area contributed by atoms with Crippen molar-refractivity contribution < 1.29 is 9.59 Å². The number of carbonyl (C=O) groups is 2. The average molecular weight is 252 g/mol. The molecular formula is C12H16N2O2S. The van der Waals surface area contributed by atoms with Crippen LogP contribution in [0.5, 0.6) is 0 Å². The zero-order valence-corrected chi connectivity index (χ0v) is 10.8. The fourth-order valence-electron chi connectivity index (χ4n) is 1.52. The standard InChI is InChI=1S/C12H16N2O2S/c1-12(2,7-10(13)15)14-11(16)8-5-3-4-6-9(8)17/h3-6,17H,7H2,1-2H3,(H2,13,15)(H,14,16). The lowest BCUT2D eigenvalue weighted by Crippen LogP contribution is -2.46. The fraction of sp³-hybridized carbons (Fsp3) is 0.333. The van der Waals surface area contributed by atoms with E-state index in [0.29, 0.717) is 10.5 Å². The van der Waals surface area contributed by atoms with Crippen molar-refractivity contribution in [1.29, 1.82) is 0 Å². The van der Waals surface area contributed by atoms with Crippen molar-refractivity contribution in [3.8, 4) is 0 Å². The van der Waals surface area contributed by atoms with Gasteiger partial charge >= 0.3 is 0 Å². The molecule has 1 rings (SSSR count). The first-order valence-electron chi connectivity index (χ1n) is 5.20. The van der Waals surface area contributed by atoms with Gasteiger partial charge in [-0.05, 0) is 26.0 Å². The van der Waals surface area contributed by atoms with Crippen LogP contribution >= 0.6 is 12.6 Å². The molecule has 3 N–H and O–H groups in total. The van der Waals surface area contributed by atoms with Crippen LogP contribution in [-0.2, 0) is 4.79 Å². The minimum atomic E-state index is -0.668. The summed E-state index contributed by atoms with van der Waals surface area (Å²) in [5.41, 5.74) is 4.93. The number of rotatable bonds is 4. The summed E-state index contributed by atoms with van der Waals surface area (Å²) in [5, 5.41) is 2.76. The zero-order valence-electron chi connectivity index (χ0n) is 9.86. The van der Waals surface area contributed by atoms with Gasteiger partial charge in [0.2, 0.25) is 5.91 Å². The highest BCUT2D eigenvalue weighted by Gasteiger charge is 2.24. The van der Waals surface area contributed by atoms with E-state index in [4.69, 9.17) is 5.73 Å². The molecule has 17 heavy (non-hydrogen) atoms. The first kappa shape index (κ1) is 13.6. The Bertz CT molecular complexity index is 444. The number of nitrogens with two attached hydrogens (primary N) is 1. The van der Waals surface area contributed by atoms with Crippen molar-refractivity contribution in [3.63, 3.8) is 0 Å². The zero-order chi connectivity index (χ0) is 13.1. The number of carbonyl (C=O) groups excluding carboxylic acids is 2. The van der Waals surface area contributed by atoms with Crippen LogP contribution < -0.4 is 11.1 Å². The van der Waals surface area contributed by atoms with Crippen LogP contribution in [0.4, 0.5) is 0 Å². The van der Waals surface area contributed by atoms with Gasteiger partial charge in [0.15, 0.2) is 0 Å². The number of benzene rings is 1. The predicted octanol–water partition coefficient (Wildman–Crippen LogP) is 1.36. The molecule has 0 radical (unpaired) electrons. The second-order valence-corrected chi connectivity index (χ2v) is 4.98. The SMILES string of the molecule is CC(C)(CC(N)=O)NC(=O)c1ccccc1S. The fourth-order valence-corrected chi connectivity index (χ4v) is 1.78. The highest BCUT2D eigenvalue weighted by atomic mass is 32.1. The molecule has 5 heteroatoms. The Kier molecular flexibility index (Phi) is 4.17. The van der Waals surface area contributed by atoms with Crippen LogP contribution in [0.2, 0.25) is 0 Å². The summed E-state index contributed by atoms with van der Waals surface area (Å²) in [7, 11) is 0. The van der Waals surface area contributed by atoms with E-state index in [1.165, 1.54) is 0 Å². The number of thiol groups is 1. The maximum atomic E-state index is 12.0. The minimum Gasteiger partial charge on any atom is -0.370 e. The van der Waals surface area contributed by atoms with E-state index in [1.807, 2.05) is 0 Å². The number of amides is 2. The van der Waals surface area contributed by atoms with Crippen molar-refractivity contribution in [3.05, 3.63) is 29.8 Å². The monoisotopic (exact) mass is 252 g/mol. The van der Waals surface area contributed by atoms with E-state index in [9.17, 15) is 9.59 Å². The topological polar surface area (TPSA) is 72.2 Å². The molecule has 0 fully saturated rings. The molecule has 2 amide bonds. The maximum Gasteiger partial charge on any atom is 0.252 e. The van der Waals surface area contributed by atoms with Crippen molar-refractivity contribution >= 4 is 24.4 Å². The molecule has 0 aromatic heterocycles. The summed E-state index contributed by atoms with van der Waals surface area (Å²) in [5.74, 6) is -0.712. The normalized spacial score (nSPS) is 11.0. The summed E-state index contributed by atoms with van der Waals surface area (Å²) in [6, 6.07) is 6.97. The highest BCUT2D eigenvalue weighted by Crippen LogP contribution is 2.15. The molecule has 0 heterocycles. The lowest BCUT2D eigenvalue weighted by molar-refractivity contribution is -0.119. The number of nitrogens with one attached hydrogen (secondary N) is 1. The minimum absolute atomic E-state index is 0.0908. The summed E-state index contributed by atoms with van der Waals surface area (Å²) >= 11 is 4.20. The molecule has 0 spiro atoms. The molecule has 0 atom stereocenters. The van der Waals surface area contributed by atoms with Crippen molar-refractivity contribution in [2.24, 2.45) is 5.73 Å². The maximum absolute atomic E-state index is 12.0. The van der Waals surface area contributed by atoms with Crippen LogP contribution in [0.15, 0.2) is 29.2 Å². The number of hydrogen-bond acceptors (Lipinski definition) is 3. The quantitative estimate of drug-likeness (QED) is 0.708. The third-order valence-corrected chi connectivity index (χ3v) is 2.61. The molecular weight excluding hydrogens is 236 g/mol. The first-order valence-corrected chi connectivity index (χ1v) is 5.65. The predicted molar refractivity (Wildman–Crippen MR) is 69.1 cm³/mol. The van der Waals surface area contributed by atoms with Gasteiger partial charge in [0.25, 0.3) is 5.91 Å². The van der Waals surface area contributed by atoms with E-state index >= 15 is 0 Å². The van der Waals surface area contributed by atoms with Gasteiger partial charge < -0.3 is 11.1 Å². The van der Waals surface area contributed by atoms with E-state index in [1.54, 1.807) is 38.1 Å². The van der Waals surface area contributed by atoms with Gasteiger partial charge in [-0.3, -0.25) is 9.59 Å². The van der Waals surface area contributed by atoms with Crippen LogP contribution in [0.25, 0.3) is 0 Å². The Balaban J connectivity index is 2.79. The molecule has 92 valence electrons. The largest absolute Gasteiger partial charge is 0.370 e. The summed E-state index contributed by atoms with van der Waals surface area (Å²) in [6.07, 6.45) is 0.0908. The molecule has 1 aromatic rings. The molecule has 0 aliphatic carbocycles. The second kappa shape index (κ2) is 5.23. The van der Waals surface area contributed by atoms with Gasteiger partial charge in [0.05, 0.1) is 5.56 Å². The van der Waals surface area contributed by atoms with Gasteiger partial charge in [0.1, 0.15) is 0 Å². The summed E-state index contributed by atoms with van der Waals surface area (Å²) < 4.78 is 0. The first-order chi connectivity index (χ1) is 7.82. The third kappa shape index (κ3) is 4.11. The molecule has 1 aromatic carbocycles. The Morgan fingerprint density at radius 3 is 2.47 bits per heavy atom. The lowest BCUT2D eigenvalue weighted by atomic mass is 9.99. The Morgan fingerprint density at radius 1 is 1.35 bits per heavy atom. The summed E-state index contributed by atoms with van der Waals surface area (Å²) in [4.78, 5) is 23.4. The number of primary amides is 1. The summed E-state index contributed by atoms with van der Waals surface area (Å²) in [6.45, 7) is 3.49. The molecule has 4 nitrogen and oxygen atoms in total. The Hall–Kier alpha value is -1.49. The smallest absolute Gasteiger partial charge is 0.252 e. The van der Waals surface area contributed by atoms with Gasteiger partial charge in [0, 0.05) is 16.9 Å². The molecule has 0 aliphatic heterocycles.